The number of ether oxygens (including phenoxy) is 1. The van der Waals surface area contributed by atoms with Crippen molar-refractivity contribution in [2.24, 2.45) is 0 Å². The van der Waals surface area contributed by atoms with E-state index in [-0.39, 0.29) is 18.2 Å². The lowest BCUT2D eigenvalue weighted by molar-refractivity contribution is -0.0432. The molecule has 1 aliphatic rings. The molecule has 0 aliphatic carbocycles. The number of rotatable bonds is 3. The van der Waals surface area contributed by atoms with Gasteiger partial charge in [-0.05, 0) is 6.07 Å². The van der Waals surface area contributed by atoms with Crippen molar-refractivity contribution >= 4 is 17.0 Å². The van der Waals surface area contributed by atoms with Gasteiger partial charge in [0.15, 0.2) is 17.0 Å². The number of hydrogen-bond donors (Lipinski definition) is 3. The van der Waals surface area contributed by atoms with Crippen LogP contribution >= 0.6 is 0 Å². The average molecular weight is 345 g/mol. The monoisotopic (exact) mass is 345 g/mol. The minimum Gasteiger partial charge on any atom is -0.394 e. The third-order valence-electron chi connectivity index (χ3n) is 4.09. The molecule has 3 aromatic rings. The van der Waals surface area contributed by atoms with E-state index in [1.807, 2.05) is 0 Å². The van der Waals surface area contributed by atoms with Gasteiger partial charge in [-0.2, -0.15) is 4.98 Å². The zero-order chi connectivity index (χ0) is 17.6. The number of nitrogens with zero attached hydrogens (tertiary/aromatic N) is 6. The van der Waals surface area contributed by atoms with E-state index in [1.54, 1.807) is 4.57 Å². The summed E-state index contributed by atoms with van der Waals surface area (Å²) >= 11 is 0. The van der Waals surface area contributed by atoms with E-state index in [4.69, 9.17) is 10.5 Å². The molecule has 25 heavy (non-hydrogen) atoms. The molecule has 4 N–H and O–H groups in total. The van der Waals surface area contributed by atoms with Gasteiger partial charge in [0.2, 0.25) is 0 Å². The number of imidazole rings is 1. The summed E-state index contributed by atoms with van der Waals surface area (Å²) < 4.78 is 8.48. The fourth-order valence-corrected chi connectivity index (χ4v) is 2.85. The third kappa shape index (κ3) is 2.54. The Morgan fingerprint density at radius 2 is 2.20 bits per heavy atom. The second-order valence-electron chi connectivity index (χ2n) is 5.64. The van der Waals surface area contributed by atoms with Gasteiger partial charge in [0.25, 0.3) is 0 Å². The average Bonchev–Trinajstić information content (AvgIpc) is 3.18. The molecule has 0 aromatic carbocycles. The maximum absolute atomic E-state index is 12.1. The predicted molar refractivity (Wildman–Crippen MR) is 84.7 cm³/mol. The van der Waals surface area contributed by atoms with Gasteiger partial charge in [-0.1, -0.05) is 0 Å². The largest absolute Gasteiger partial charge is 0.394 e. The molecular weight excluding hydrogens is 330 g/mol. The predicted octanol–water partition coefficient (Wildman–Crippen LogP) is -1.40. The lowest BCUT2D eigenvalue weighted by Crippen LogP contribution is -2.24. The van der Waals surface area contributed by atoms with Gasteiger partial charge < -0.3 is 20.7 Å². The molecule has 0 saturated carbocycles. The Balaban J connectivity index is 1.80. The highest BCUT2D eigenvalue weighted by molar-refractivity contribution is 5.78. The molecule has 11 heteroatoms. The molecule has 0 radical (unpaired) electrons. The molecule has 0 amide bonds. The SMILES string of the molecule is Nc1ccn(-c2ncnc3c2ncn3[C@H]2C[C@@H](O)[C@@H](CO)O2)c(=O)n1. The van der Waals surface area contributed by atoms with Crippen molar-refractivity contribution in [2.75, 3.05) is 12.3 Å². The fraction of sp³-hybridized carbons (Fsp3) is 0.357. The Morgan fingerprint density at radius 3 is 2.92 bits per heavy atom. The molecule has 0 bridgehead atoms. The van der Waals surface area contributed by atoms with E-state index in [2.05, 4.69) is 19.9 Å². The molecule has 1 aliphatic heterocycles. The molecule has 4 rings (SSSR count). The topological polar surface area (TPSA) is 154 Å². The summed E-state index contributed by atoms with van der Waals surface area (Å²) in [5.74, 6) is 0.374. The number of nitrogen functional groups attached to an aromatic ring is 1. The van der Waals surface area contributed by atoms with Gasteiger partial charge in [-0.25, -0.2) is 24.3 Å². The minimum atomic E-state index is -0.780. The van der Waals surface area contributed by atoms with E-state index in [1.165, 1.54) is 29.5 Å². The van der Waals surface area contributed by atoms with Crippen molar-refractivity contribution in [3.63, 3.8) is 0 Å². The van der Waals surface area contributed by atoms with Gasteiger partial charge in [-0.15, -0.1) is 0 Å². The van der Waals surface area contributed by atoms with Gasteiger partial charge in [-0.3, -0.25) is 4.57 Å². The van der Waals surface area contributed by atoms with Crippen LogP contribution in [0.3, 0.4) is 0 Å². The molecular formula is C14H15N7O4. The van der Waals surface area contributed by atoms with Crippen LogP contribution in [0, 0.1) is 0 Å². The molecule has 130 valence electrons. The number of aromatic nitrogens is 6. The van der Waals surface area contributed by atoms with E-state index in [9.17, 15) is 15.0 Å². The van der Waals surface area contributed by atoms with Crippen molar-refractivity contribution in [3.05, 3.63) is 35.4 Å². The van der Waals surface area contributed by atoms with E-state index >= 15 is 0 Å². The second kappa shape index (κ2) is 5.88. The zero-order valence-corrected chi connectivity index (χ0v) is 12.9. The van der Waals surface area contributed by atoms with Crippen molar-refractivity contribution < 1.29 is 14.9 Å². The molecule has 3 aromatic heterocycles. The summed E-state index contributed by atoms with van der Waals surface area (Å²) in [5.41, 5.74) is 5.74. The summed E-state index contributed by atoms with van der Waals surface area (Å²) in [7, 11) is 0. The molecule has 1 saturated heterocycles. The normalized spacial score (nSPS) is 23.4. The number of aliphatic hydroxyl groups excluding tert-OH is 2. The third-order valence-corrected chi connectivity index (χ3v) is 4.09. The van der Waals surface area contributed by atoms with Crippen molar-refractivity contribution in [1.82, 2.24) is 29.1 Å². The van der Waals surface area contributed by atoms with Gasteiger partial charge in [0, 0.05) is 12.6 Å². The molecule has 4 heterocycles. The van der Waals surface area contributed by atoms with E-state index < -0.39 is 24.1 Å². The molecule has 11 nitrogen and oxygen atoms in total. The zero-order valence-electron chi connectivity index (χ0n) is 12.9. The Hall–Kier alpha value is -2.89. The smallest absolute Gasteiger partial charge is 0.355 e. The van der Waals surface area contributed by atoms with Crippen LogP contribution in [0.15, 0.2) is 29.7 Å². The molecule has 1 fully saturated rings. The van der Waals surface area contributed by atoms with Gasteiger partial charge >= 0.3 is 5.69 Å². The first kappa shape index (κ1) is 15.6. The van der Waals surface area contributed by atoms with Crippen LogP contribution in [0.1, 0.15) is 12.6 Å². The highest BCUT2D eigenvalue weighted by Crippen LogP contribution is 2.31. The van der Waals surface area contributed by atoms with Crippen molar-refractivity contribution in [1.29, 1.82) is 0 Å². The summed E-state index contributed by atoms with van der Waals surface area (Å²) in [5, 5.41) is 19.1. The number of fused-ring (bicyclic) bond motifs is 1. The van der Waals surface area contributed by atoms with E-state index in [0.29, 0.717) is 17.6 Å². The highest BCUT2D eigenvalue weighted by atomic mass is 16.5. The fourth-order valence-electron chi connectivity index (χ4n) is 2.85. The van der Waals surface area contributed by atoms with Crippen molar-refractivity contribution in [3.8, 4) is 5.82 Å². The summed E-state index contributed by atoms with van der Waals surface area (Å²) in [6.07, 6.45) is 2.58. The molecule has 3 atom stereocenters. The first-order chi connectivity index (χ1) is 12.1. The summed E-state index contributed by atoms with van der Waals surface area (Å²) in [6.45, 7) is -0.281. The summed E-state index contributed by atoms with van der Waals surface area (Å²) in [6, 6.07) is 1.48. The van der Waals surface area contributed by atoms with Crippen LogP contribution in [-0.4, -0.2) is 58.1 Å². The van der Waals surface area contributed by atoms with Crippen molar-refractivity contribution in [2.45, 2.75) is 24.9 Å². The van der Waals surface area contributed by atoms with Gasteiger partial charge in [0.1, 0.15) is 24.5 Å². The Kier molecular flexibility index (Phi) is 3.67. The van der Waals surface area contributed by atoms with Gasteiger partial charge in [0.05, 0.1) is 19.0 Å². The number of anilines is 1. The minimum absolute atomic E-state index is 0.112. The van der Waals surface area contributed by atoms with Crippen LogP contribution in [0.2, 0.25) is 0 Å². The summed E-state index contributed by atoms with van der Waals surface area (Å²) in [4.78, 5) is 28.3. The standard InChI is InChI=1S/C14H15N7O4/c15-9-1-2-20(14(24)19-9)12-11-13(17-5-16-12)21(6-18-11)10-3-7(23)8(4-22)25-10/h1-2,5-8,10,22-23H,3-4H2,(H2,15,19,24)/t7-,8-,10-/m1/s1. The Labute approximate surface area is 140 Å². The molecule has 0 unspecified atom stereocenters. The number of hydrogen-bond acceptors (Lipinski definition) is 9. The van der Waals surface area contributed by atoms with Crippen LogP contribution in [0.25, 0.3) is 17.0 Å². The van der Waals surface area contributed by atoms with Crippen LogP contribution in [0.5, 0.6) is 0 Å². The number of nitrogens with two attached hydrogens (primary N) is 1. The first-order valence-corrected chi connectivity index (χ1v) is 7.56. The van der Waals surface area contributed by atoms with Crippen LogP contribution < -0.4 is 11.4 Å². The van der Waals surface area contributed by atoms with Crippen LogP contribution in [-0.2, 0) is 4.74 Å². The first-order valence-electron chi connectivity index (χ1n) is 7.56. The maximum atomic E-state index is 12.1. The molecule has 0 spiro atoms. The second-order valence-corrected chi connectivity index (χ2v) is 5.64. The lowest BCUT2D eigenvalue weighted by atomic mass is 10.2. The highest BCUT2D eigenvalue weighted by Gasteiger charge is 2.35. The lowest BCUT2D eigenvalue weighted by Gasteiger charge is -2.13. The maximum Gasteiger partial charge on any atom is 0.355 e. The quantitative estimate of drug-likeness (QED) is 0.519. The Morgan fingerprint density at radius 1 is 1.36 bits per heavy atom. The Bertz CT molecular complexity index is 985. The van der Waals surface area contributed by atoms with E-state index in [0.717, 1.165) is 0 Å². The van der Waals surface area contributed by atoms with Crippen LogP contribution in [0.4, 0.5) is 5.82 Å². The number of aliphatic hydroxyl groups is 2.